The molecule has 34 heavy (non-hydrogen) atoms. The van der Waals surface area contributed by atoms with Crippen LogP contribution in [0.3, 0.4) is 0 Å². The lowest BCUT2D eigenvalue weighted by molar-refractivity contribution is -0.148. The molecule has 2 N–H and O–H groups in total. The molecule has 2 fully saturated rings. The minimum absolute atomic E-state index is 0.0557. The summed E-state index contributed by atoms with van der Waals surface area (Å²) in [6.07, 6.45) is 2.20. The van der Waals surface area contributed by atoms with E-state index in [0.29, 0.717) is 16.1 Å². The van der Waals surface area contributed by atoms with Crippen molar-refractivity contribution in [1.82, 2.24) is 0 Å². The molecule has 3 aromatic rings. The summed E-state index contributed by atoms with van der Waals surface area (Å²) in [4.78, 5) is 38.4. The molecule has 0 saturated heterocycles. The predicted molar refractivity (Wildman–Crippen MR) is 132 cm³/mol. The second-order valence-corrected chi connectivity index (χ2v) is 10.5. The van der Waals surface area contributed by atoms with Crippen LogP contribution in [0.2, 0.25) is 0 Å². The summed E-state index contributed by atoms with van der Waals surface area (Å²) >= 11 is 1.27. The summed E-state index contributed by atoms with van der Waals surface area (Å²) in [5.74, 6) is -2.82. The molecule has 0 radical (unpaired) electrons. The number of carboxylic acid groups (broad SMARTS) is 1. The Balaban J connectivity index is 1.51. The first-order valence-electron chi connectivity index (χ1n) is 11.7. The summed E-state index contributed by atoms with van der Waals surface area (Å²) in [6.45, 7) is 3.57. The average molecular weight is 478 g/mol. The van der Waals surface area contributed by atoms with Crippen molar-refractivity contribution in [1.29, 1.82) is 0 Å². The molecule has 1 aromatic heterocycles. The van der Waals surface area contributed by atoms with Gasteiger partial charge >= 0.3 is 11.9 Å². The monoisotopic (exact) mass is 477 g/mol. The first kappa shape index (κ1) is 22.6. The minimum Gasteiger partial charge on any atom is -0.481 e. The van der Waals surface area contributed by atoms with Gasteiger partial charge in [-0.15, -0.1) is 11.3 Å². The van der Waals surface area contributed by atoms with Gasteiger partial charge in [0.05, 0.1) is 17.9 Å². The van der Waals surface area contributed by atoms with E-state index in [4.69, 9.17) is 4.74 Å². The summed E-state index contributed by atoms with van der Waals surface area (Å²) in [7, 11) is 0. The van der Waals surface area contributed by atoms with Gasteiger partial charge in [0.2, 0.25) is 5.91 Å². The third-order valence-corrected chi connectivity index (χ3v) is 8.03. The van der Waals surface area contributed by atoms with E-state index in [1.54, 1.807) is 13.8 Å². The van der Waals surface area contributed by atoms with Crippen molar-refractivity contribution in [2.45, 2.75) is 39.2 Å². The maximum atomic E-state index is 13.3. The van der Waals surface area contributed by atoms with E-state index in [9.17, 15) is 19.5 Å². The maximum Gasteiger partial charge on any atom is 0.342 e. The van der Waals surface area contributed by atoms with Crippen LogP contribution >= 0.6 is 11.3 Å². The second kappa shape index (κ2) is 8.87. The zero-order valence-corrected chi connectivity index (χ0v) is 19.9. The van der Waals surface area contributed by atoms with Crippen LogP contribution in [0, 0.1) is 23.7 Å². The molecule has 1 heterocycles. The molecule has 2 bridgehead atoms. The van der Waals surface area contributed by atoms with Gasteiger partial charge in [0.25, 0.3) is 0 Å². The quantitative estimate of drug-likeness (QED) is 0.437. The van der Waals surface area contributed by atoms with Crippen LogP contribution < -0.4 is 5.32 Å². The number of amides is 1. The molecule has 2 saturated carbocycles. The second-order valence-electron chi connectivity index (χ2n) is 9.58. The number of esters is 1. The van der Waals surface area contributed by atoms with Gasteiger partial charge in [-0.2, -0.15) is 0 Å². The van der Waals surface area contributed by atoms with E-state index >= 15 is 0 Å². The minimum atomic E-state index is -0.908. The Morgan fingerprint density at radius 3 is 2.44 bits per heavy atom. The van der Waals surface area contributed by atoms with Gasteiger partial charge in [0.1, 0.15) is 10.6 Å². The molecule has 0 spiro atoms. The van der Waals surface area contributed by atoms with E-state index in [0.717, 1.165) is 35.6 Å². The maximum absolute atomic E-state index is 13.3. The van der Waals surface area contributed by atoms with Gasteiger partial charge < -0.3 is 15.2 Å². The molecular weight excluding hydrogens is 450 g/mol. The molecule has 7 heteroatoms. The highest BCUT2D eigenvalue weighted by Crippen LogP contribution is 2.53. The SMILES string of the molecule is CC(C)OC(=O)c1c(-c2ccc3ccccc3c2)csc1NC(=O)[C@H]1[C@H]2CC[C@@H](C2)[C@@H]1C(=O)O. The highest BCUT2D eigenvalue weighted by Gasteiger charge is 2.54. The molecule has 176 valence electrons. The highest BCUT2D eigenvalue weighted by molar-refractivity contribution is 7.15. The third-order valence-electron chi connectivity index (χ3n) is 7.14. The summed E-state index contributed by atoms with van der Waals surface area (Å²) < 4.78 is 5.52. The normalized spacial score (nSPS) is 23.4. The Morgan fingerprint density at radius 1 is 1.03 bits per heavy atom. The molecule has 2 aliphatic carbocycles. The Kier molecular flexibility index (Phi) is 5.90. The Morgan fingerprint density at radius 2 is 1.74 bits per heavy atom. The fourth-order valence-corrected chi connectivity index (χ4v) is 6.67. The fourth-order valence-electron chi connectivity index (χ4n) is 5.71. The van der Waals surface area contributed by atoms with Gasteiger partial charge in [0, 0.05) is 10.9 Å². The Bertz CT molecular complexity index is 1280. The van der Waals surface area contributed by atoms with E-state index in [2.05, 4.69) is 5.32 Å². The lowest BCUT2D eigenvalue weighted by Crippen LogP contribution is -2.38. The Labute approximate surface area is 201 Å². The summed E-state index contributed by atoms with van der Waals surface area (Å²) in [5.41, 5.74) is 1.87. The van der Waals surface area contributed by atoms with Crippen LogP contribution in [0.1, 0.15) is 43.5 Å². The van der Waals surface area contributed by atoms with Gasteiger partial charge in [-0.1, -0.05) is 36.4 Å². The van der Waals surface area contributed by atoms with Crippen LogP contribution in [-0.4, -0.2) is 29.1 Å². The number of carbonyl (C=O) groups excluding carboxylic acids is 2. The van der Waals surface area contributed by atoms with E-state index < -0.39 is 23.8 Å². The van der Waals surface area contributed by atoms with Crippen LogP contribution in [0.5, 0.6) is 0 Å². The largest absolute Gasteiger partial charge is 0.481 e. The van der Waals surface area contributed by atoms with Gasteiger partial charge in [-0.05, 0) is 67.3 Å². The molecule has 2 aromatic carbocycles. The van der Waals surface area contributed by atoms with Crippen molar-refractivity contribution in [2.75, 3.05) is 5.32 Å². The topological polar surface area (TPSA) is 92.7 Å². The standard InChI is InChI=1S/C27H27NO5S/c1-14(2)33-27(32)23-20(17-8-7-15-5-3-4-6-16(15)11-17)13-34-25(23)28-24(29)21-18-9-10-19(12-18)22(21)26(30)31/h3-8,11,13-14,18-19,21-22H,9-10,12H2,1-2H3,(H,28,29)(H,30,31)/t18-,19-,21-,22-/m0/s1. The molecule has 0 unspecified atom stereocenters. The van der Waals surface area contributed by atoms with Crippen molar-refractivity contribution < 1.29 is 24.2 Å². The number of nitrogens with one attached hydrogen (secondary N) is 1. The highest BCUT2D eigenvalue weighted by atomic mass is 32.1. The first-order chi connectivity index (χ1) is 16.3. The van der Waals surface area contributed by atoms with Gasteiger partial charge in [-0.3, -0.25) is 9.59 Å². The zero-order chi connectivity index (χ0) is 24.0. The van der Waals surface area contributed by atoms with Crippen molar-refractivity contribution >= 4 is 45.0 Å². The van der Waals surface area contributed by atoms with Crippen LogP contribution in [0.15, 0.2) is 47.8 Å². The number of hydrogen-bond acceptors (Lipinski definition) is 5. The smallest absolute Gasteiger partial charge is 0.342 e. The molecule has 1 amide bonds. The molecule has 2 aliphatic rings. The number of hydrogen-bond donors (Lipinski definition) is 2. The number of benzene rings is 2. The number of rotatable bonds is 6. The summed E-state index contributed by atoms with van der Waals surface area (Å²) in [6, 6.07) is 14.0. The number of ether oxygens (including phenoxy) is 1. The van der Waals surface area contributed by atoms with E-state index in [-0.39, 0.29) is 23.8 Å². The van der Waals surface area contributed by atoms with Crippen LogP contribution in [-0.2, 0) is 14.3 Å². The average Bonchev–Trinajstić information content (AvgIpc) is 3.52. The number of fused-ring (bicyclic) bond motifs is 3. The zero-order valence-electron chi connectivity index (χ0n) is 19.1. The lowest BCUT2D eigenvalue weighted by atomic mass is 9.78. The van der Waals surface area contributed by atoms with E-state index in [1.807, 2.05) is 47.8 Å². The van der Waals surface area contributed by atoms with Crippen molar-refractivity contribution in [3.63, 3.8) is 0 Å². The molecule has 4 atom stereocenters. The predicted octanol–water partition coefficient (Wildman–Crippen LogP) is 5.82. The summed E-state index contributed by atoms with van der Waals surface area (Å²) in [5, 5.41) is 17.1. The molecule has 5 rings (SSSR count). The van der Waals surface area contributed by atoms with Crippen LogP contribution in [0.4, 0.5) is 5.00 Å². The van der Waals surface area contributed by atoms with Gasteiger partial charge in [0.15, 0.2) is 0 Å². The van der Waals surface area contributed by atoms with Crippen LogP contribution in [0.25, 0.3) is 21.9 Å². The number of anilines is 1. The van der Waals surface area contributed by atoms with Gasteiger partial charge in [-0.25, -0.2) is 4.79 Å². The first-order valence-corrected chi connectivity index (χ1v) is 12.6. The molecule has 0 aliphatic heterocycles. The van der Waals surface area contributed by atoms with Crippen molar-refractivity contribution in [2.24, 2.45) is 23.7 Å². The molecule has 6 nitrogen and oxygen atoms in total. The lowest BCUT2D eigenvalue weighted by Gasteiger charge is -2.27. The Hall–Kier alpha value is -3.19. The fraction of sp³-hybridized carbons (Fsp3) is 0.370. The van der Waals surface area contributed by atoms with E-state index in [1.165, 1.54) is 11.3 Å². The van der Waals surface area contributed by atoms with Crippen molar-refractivity contribution in [3.8, 4) is 11.1 Å². The number of carboxylic acids is 1. The number of carbonyl (C=O) groups is 3. The number of thiophene rings is 1. The molecular formula is C27H27NO5S. The number of aliphatic carboxylic acids is 1. The third kappa shape index (κ3) is 3.98. The van der Waals surface area contributed by atoms with Crippen molar-refractivity contribution in [3.05, 3.63) is 53.4 Å².